The quantitative estimate of drug-likeness (QED) is 0.513. The number of aromatic hydroxyl groups is 1. The molecule has 0 amide bonds. The first-order valence-electron chi connectivity index (χ1n) is 5.29. The maximum Gasteiger partial charge on any atom is 0.313 e. The lowest BCUT2D eigenvalue weighted by molar-refractivity contribution is -0.385. The summed E-state index contributed by atoms with van der Waals surface area (Å²) in [5, 5.41) is 23.6. The zero-order chi connectivity index (χ0) is 14.0. The number of aryl methyl sites for hydroxylation is 1. The molecule has 0 aliphatic heterocycles. The fraction of sp³-hybridized carbons (Fsp3) is 0.182. The number of halogens is 1. The van der Waals surface area contributed by atoms with E-state index >= 15 is 0 Å². The molecule has 0 saturated carbocycles. The minimum absolute atomic E-state index is 0.315. The smallest absolute Gasteiger partial charge is 0.313 e. The van der Waals surface area contributed by atoms with Crippen LogP contribution in [0.25, 0.3) is 0 Å². The summed E-state index contributed by atoms with van der Waals surface area (Å²) in [4.78, 5) is 14.9. The molecule has 100 valence electrons. The maximum absolute atomic E-state index is 10.8. The molecule has 0 saturated heterocycles. The maximum atomic E-state index is 10.8. The normalized spacial score (nSPS) is 10.4. The lowest BCUT2D eigenvalue weighted by Gasteiger charge is -2.08. The van der Waals surface area contributed by atoms with E-state index in [1.165, 1.54) is 17.4 Å². The third-order valence-corrected chi connectivity index (χ3v) is 3.52. The van der Waals surface area contributed by atoms with Gasteiger partial charge in [-0.2, -0.15) is 0 Å². The molecule has 1 heterocycles. The van der Waals surface area contributed by atoms with Crippen LogP contribution in [0.5, 0.6) is 5.75 Å². The number of thiazole rings is 1. The third kappa shape index (κ3) is 3.12. The molecule has 0 radical (unpaired) electrons. The van der Waals surface area contributed by atoms with Crippen molar-refractivity contribution < 1.29 is 10.0 Å². The Bertz CT molecular complexity index is 630. The highest BCUT2D eigenvalue weighted by atomic mass is 35.5. The second kappa shape index (κ2) is 5.41. The summed E-state index contributed by atoms with van der Waals surface area (Å²) < 4.78 is 0.427. The van der Waals surface area contributed by atoms with E-state index in [1.807, 2.05) is 0 Å². The van der Waals surface area contributed by atoms with Gasteiger partial charge in [-0.05, 0) is 18.6 Å². The zero-order valence-corrected chi connectivity index (χ0v) is 11.5. The van der Waals surface area contributed by atoms with Crippen molar-refractivity contribution >= 4 is 34.3 Å². The van der Waals surface area contributed by atoms with E-state index in [2.05, 4.69) is 10.3 Å². The predicted molar refractivity (Wildman–Crippen MR) is 73.9 cm³/mol. The first kappa shape index (κ1) is 13.6. The van der Waals surface area contributed by atoms with Crippen LogP contribution in [-0.4, -0.2) is 15.0 Å². The Kier molecular flexibility index (Phi) is 3.87. The number of phenols is 1. The molecule has 2 aromatic rings. The highest BCUT2D eigenvalue weighted by molar-refractivity contribution is 7.15. The first-order valence-corrected chi connectivity index (χ1v) is 6.49. The predicted octanol–water partition coefficient (Wildman–Crippen LogP) is 3.33. The summed E-state index contributed by atoms with van der Waals surface area (Å²) in [5.74, 6) is -0.369. The van der Waals surface area contributed by atoms with E-state index in [0.717, 1.165) is 4.88 Å². The largest absolute Gasteiger partial charge is 0.501 e. The van der Waals surface area contributed by atoms with Gasteiger partial charge in [-0.3, -0.25) is 10.1 Å². The number of rotatable bonds is 4. The van der Waals surface area contributed by atoms with Gasteiger partial charge in [0, 0.05) is 17.1 Å². The Hall–Kier alpha value is -1.86. The Morgan fingerprint density at radius 2 is 2.32 bits per heavy atom. The van der Waals surface area contributed by atoms with Gasteiger partial charge in [-0.25, -0.2) is 4.98 Å². The molecule has 1 aromatic carbocycles. The summed E-state index contributed by atoms with van der Waals surface area (Å²) in [5.41, 5.74) is 0.690. The van der Waals surface area contributed by atoms with Crippen LogP contribution in [0.3, 0.4) is 0 Å². The first-order chi connectivity index (χ1) is 8.97. The second-order valence-corrected chi connectivity index (χ2v) is 5.57. The molecule has 0 unspecified atom stereocenters. The van der Waals surface area contributed by atoms with Crippen molar-refractivity contribution in [2.45, 2.75) is 13.5 Å². The van der Waals surface area contributed by atoms with Crippen LogP contribution in [-0.2, 0) is 6.54 Å². The van der Waals surface area contributed by atoms with Crippen molar-refractivity contribution in [3.8, 4) is 5.75 Å². The Labute approximate surface area is 117 Å². The molecule has 0 bridgehead atoms. The molecule has 19 heavy (non-hydrogen) atoms. The van der Waals surface area contributed by atoms with Crippen LogP contribution in [0.1, 0.15) is 10.4 Å². The van der Waals surface area contributed by atoms with Gasteiger partial charge < -0.3 is 10.4 Å². The van der Waals surface area contributed by atoms with Gasteiger partial charge in [0.05, 0.1) is 17.2 Å². The van der Waals surface area contributed by atoms with Crippen molar-refractivity contribution in [3.05, 3.63) is 43.4 Å². The molecule has 1 aromatic heterocycles. The number of aromatic nitrogens is 1. The number of hydrogen-bond donors (Lipinski definition) is 2. The number of phenolic OH excluding ortho intramolecular Hbond substituents is 1. The monoisotopic (exact) mass is 299 g/mol. The molecule has 0 atom stereocenters. The van der Waals surface area contributed by atoms with Crippen LogP contribution < -0.4 is 5.32 Å². The number of anilines is 1. The highest BCUT2D eigenvalue weighted by Crippen LogP contribution is 2.35. The number of nitrogens with one attached hydrogen (secondary N) is 1. The lowest BCUT2D eigenvalue weighted by atomic mass is 10.1. The summed E-state index contributed by atoms with van der Waals surface area (Å²) in [7, 11) is 0. The minimum Gasteiger partial charge on any atom is -0.501 e. The lowest BCUT2D eigenvalue weighted by Crippen LogP contribution is -2.00. The Morgan fingerprint density at radius 3 is 2.89 bits per heavy atom. The van der Waals surface area contributed by atoms with Crippen molar-refractivity contribution in [2.75, 3.05) is 5.32 Å². The molecule has 8 heteroatoms. The van der Waals surface area contributed by atoms with Crippen LogP contribution in [0.15, 0.2) is 18.3 Å². The molecule has 6 nitrogen and oxygen atoms in total. The zero-order valence-electron chi connectivity index (χ0n) is 9.88. The van der Waals surface area contributed by atoms with Gasteiger partial charge in [0.2, 0.25) is 5.75 Å². The fourth-order valence-electron chi connectivity index (χ4n) is 1.58. The van der Waals surface area contributed by atoms with Crippen molar-refractivity contribution in [3.63, 3.8) is 0 Å². The molecule has 0 spiro atoms. The fourth-order valence-corrected chi connectivity index (χ4v) is 2.50. The van der Waals surface area contributed by atoms with E-state index in [0.29, 0.717) is 22.3 Å². The van der Waals surface area contributed by atoms with Crippen molar-refractivity contribution in [1.29, 1.82) is 0 Å². The molecular formula is C11H10ClN3O3S. The number of nitro benzene ring substituents is 1. The number of benzene rings is 1. The van der Waals surface area contributed by atoms with Gasteiger partial charge in [0.25, 0.3) is 0 Å². The third-order valence-electron chi connectivity index (χ3n) is 2.41. The van der Waals surface area contributed by atoms with E-state index < -0.39 is 4.92 Å². The minimum atomic E-state index is -0.614. The molecule has 0 aliphatic carbocycles. The summed E-state index contributed by atoms with van der Waals surface area (Å²) in [6.07, 6.45) is 1.61. The number of nitro groups is 1. The van der Waals surface area contributed by atoms with E-state index in [9.17, 15) is 15.2 Å². The summed E-state index contributed by atoms with van der Waals surface area (Å²) in [6.45, 7) is 2.11. The van der Waals surface area contributed by atoms with Crippen LogP contribution in [0, 0.1) is 17.0 Å². The number of hydrogen-bond acceptors (Lipinski definition) is 6. The SMILES string of the molecule is Cc1cc(NCc2cnc(Cl)s2)c(O)c([N+](=O)[O-])c1. The molecular weight excluding hydrogens is 290 g/mol. The molecule has 0 aliphatic rings. The number of nitrogens with zero attached hydrogens (tertiary/aromatic N) is 2. The molecule has 2 N–H and O–H groups in total. The van der Waals surface area contributed by atoms with Crippen molar-refractivity contribution in [1.82, 2.24) is 4.98 Å². The van der Waals surface area contributed by atoms with Gasteiger partial charge >= 0.3 is 5.69 Å². The highest BCUT2D eigenvalue weighted by Gasteiger charge is 2.18. The Balaban J connectivity index is 2.22. The van der Waals surface area contributed by atoms with E-state index in [4.69, 9.17) is 11.6 Å². The van der Waals surface area contributed by atoms with Crippen LogP contribution in [0.4, 0.5) is 11.4 Å². The van der Waals surface area contributed by atoms with Crippen LogP contribution >= 0.6 is 22.9 Å². The van der Waals surface area contributed by atoms with Gasteiger partial charge in [-0.15, -0.1) is 11.3 Å². The van der Waals surface area contributed by atoms with E-state index in [1.54, 1.807) is 19.2 Å². The van der Waals surface area contributed by atoms with E-state index in [-0.39, 0.29) is 11.4 Å². The topological polar surface area (TPSA) is 88.3 Å². The summed E-state index contributed by atoms with van der Waals surface area (Å²) in [6, 6.07) is 2.97. The Morgan fingerprint density at radius 1 is 1.58 bits per heavy atom. The summed E-state index contributed by atoms with van der Waals surface area (Å²) >= 11 is 7.01. The standard InChI is InChI=1S/C11H10ClN3O3S/c1-6-2-8(10(16)9(3-6)15(17)18)13-4-7-5-14-11(12)19-7/h2-3,5,13,16H,4H2,1H3. The van der Waals surface area contributed by atoms with Gasteiger partial charge in [-0.1, -0.05) is 11.6 Å². The van der Waals surface area contributed by atoms with Gasteiger partial charge in [0.1, 0.15) is 0 Å². The molecule has 0 fully saturated rings. The molecule has 2 rings (SSSR count). The van der Waals surface area contributed by atoms with Gasteiger partial charge in [0.15, 0.2) is 4.47 Å². The van der Waals surface area contributed by atoms with Crippen LogP contribution in [0.2, 0.25) is 4.47 Å². The van der Waals surface area contributed by atoms with Crippen molar-refractivity contribution in [2.24, 2.45) is 0 Å². The average Bonchev–Trinajstić information content (AvgIpc) is 2.75. The second-order valence-electron chi connectivity index (χ2n) is 3.87. The average molecular weight is 300 g/mol.